The van der Waals surface area contributed by atoms with E-state index in [4.69, 9.17) is 37.1 Å². The van der Waals surface area contributed by atoms with Crippen LogP contribution in [0.4, 0.5) is 0 Å². The number of imide groups is 1. The number of fused-ring (bicyclic) bond motifs is 2. The Labute approximate surface area is 607 Å². The van der Waals surface area contributed by atoms with Crippen LogP contribution >= 0.6 is 23.5 Å². The normalized spacial score (nSPS) is 21.8. The van der Waals surface area contributed by atoms with Crippen molar-refractivity contribution in [1.29, 1.82) is 0 Å². The number of aliphatic carboxylic acids is 1. The third kappa shape index (κ3) is 28.6. The van der Waals surface area contributed by atoms with Gasteiger partial charge in [0.15, 0.2) is 0 Å². The molecule has 37 heteroatoms. The highest BCUT2D eigenvalue weighted by Gasteiger charge is 2.46. The lowest BCUT2D eigenvalue weighted by atomic mass is 10.0. The maximum atomic E-state index is 15.1. The molecule has 35 nitrogen and oxygen atoms in total. The Morgan fingerprint density at radius 3 is 1.84 bits per heavy atom. The monoisotopic (exact) mass is 1490 g/mol. The molecule has 0 spiro atoms. The van der Waals surface area contributed by atoms with E-state index in [0.29, 0.717) is 102 Å². The zero-order valence-electron chi connectivity index (χ0n) is 58.6. The number of carboxylic acids is 1. The summed E-state index contributed by atoms with van der Waals surface area (Å²) in [6, 6.07) is -4.69. The minimum absolute atomic E-state index is 0.00467. The summed E-state index contributed by atoms with van der Waals surface area (Å²) in [6.07, 6.45) is -0.621. The molecular weight excluding hydrogens is 1380 g/mol. The standard InChI is InChI=1S/C66H104N16O19S2/c1-3-4-6-17-51(85)74-47-39-103-55-54(65(97)82(66(55)98)27-12-29-100-31-33-101-32-30-99-28-11-22-73-57(89)42(36-71-23-20-67)37-72-24-21-68)102-38-46(60(92)76-44(56(70)88)35-52(86)87)78-59(91)45(34-41-13-7-5-8-14-41)77-58(90)43(18-19-50(69)84)75-62(94)53(40(2)83)79-61(93)48-15-9-25-80(48)64(96)49-16-10-26-81(49)63(47)95/h5,7-8,13-14,40,42-49,53,71-72,83H,3-4,6,9-12,15-39,67-68H2,1-2H3,(H2,69,84)(H2,70,88)(H,73,89)(H,74,85)(H,75,94)(H,76,92)(H,77,90)(H,78,91)(H,79,93)(H,86,87)/t40-,43+,44+,45+,46+,47+,48+,49+,53+/m1/s1. The molecule has 0 bridgehead atoms. The molecular formula is C66H104N16O19S2. The lowest BCUT2D eigenvalue weighted by Gasteiger charge is -2.33. The first-order valence-corrected chi connectivity index (χ1v) is 37.0. The number of nitrogens with one attached hydrogen (secondary N) is 9. The van der Waals surface area contributed by atoms with Crippen molar-refractivity contribution in [2.75, 3.05) is 117 Å². The summed E-state index contributed by atoms with van der Waals surface area (Å²) in [5.74, 6) is -14.3. The highest BCUT2D eigenvalue weighted by molar-refractivity contribution is 8.08. The quantitative estimate of drug-likeness (QED) is 0.0217. The van der Waals surface area contributed by atoms with Crippen LogP contribution in [0.2, 0.25) is 0 Å². The molecule has 4 aliphatic heterocycles. The van der Waals surface area contributed by atoms with E-state index in [9.17, 15) is 72.5 Å². The smallest absolute Gasteiger partial charge is 0.305 e. The van der Waals surface area contributed by atoms with Gasteiger partial charge in [0.25, 0.3) is 11.8 Å². The van der Waals surface area contributed by atoms with E-state index in [2.05, 4.69) is 47.9 Å². The van der Waals surface area contributed by atoms with Gasteiger partial charge in [0.05, 0.1) is 54.7 Å². The number of nitrogens with two attached hydrogens (primary N) is 4. The number of thioether (sulfide) groups is 2. The van der Waals surface area contributed by atoms with Crippen molar-refractivity contribution in [1.82, 2.24) is 62.6 Å². The topological polar surface area (TPSA) is 529 Å². The molecule has 0 aromatic heterocycles. The van der Waals surface area contributed by atoms with E-state index >= 15 is 4.79 Å². The fourth-order valence-electron chi connectivity index (χ4n) is 11.6. The van der Waals surface area contributed by atoms with Crippen LogP contribution in [0, 0.1) is 5.92 Å². The molecule has 1 aromatic carbocycles. The Bertz CT molecular complexity index is 3070. The first kappa shape index (κ1) is 85.8. The minimum Gasteiger partial charge on any atom is -0.481 e. The second-order valence-corrected chi connectivity index (χ2v) is 27.2. The van der Waals surface area contributed by atoms with Crippen molar-refractivity contribution in [3.8, 4) is 0 Å². The van der Waals surface area contributed by atoms with E-state index in [0.717, 1.165) is 23.1 Å². The fraction of sp³-hybridized carbons (Fsp3) is 0.667. The van der Waals surface area contributed by atoms with Gasteiger partial charge in [-0.2, -0.15) is 0 Å². The van der Waals surface area contributed by atoms with Gasteiger partial charge in [0, 0.05) is 109 Å². The number of hydrogen-bond donors (Lipinski definition) is 15. The van der Waals surface area contributed by atoms with Crippen molar-refractivity contribution >= 4 is 106 Å². The van der Waals surface area contributed by atoms with Crippen LogP contribution in [0.5, 0.6) is 0 Å². The van der Waals surface area contributed by atoms with Crippen LogP contribution in [-0.4, -0.2) is 279 Å². The maximum Gasteiger partial charge on any atom is 0.305 e. The number of amides is 13. The predicted octanol–water partition coefficient (Wildman–Crippen LogP) is -4.97. The van der Waals surface area contributed by atoms with Gasteiger partial charge in [-0.1, -0.05) is 50.1 Å². The summed E-state index contributed by atoms with van der Waals surface area (Å²) in [4.78, 5) is 198. The lowest BCUT2D eigenvalue weighted by Crippen LogP contribution is -2.62. The molecule has 0 saturated carbocycles. The molecule has 1 aromatic rings. The predicted molar refractivity (Wildman–Crippen MR) is 378 cm³/mol. The number of carbonyl (C=O) groups is 14. The molecule has 13 amide bonds. The van der Waals surface area contributed by atoms with Crippen LogP contribution in [0.25, 0.3) is 0 Å². The van der Waals surface area contributed by atoms with Gasteiger partial charge < -0.3 is 105 Å². The van der Waals surface area contributed by atoms with E-state index in [1.54, 1.807) is 30.3 Å². The number of aliphatic hydroxyl groups is 1. The Kier molecular flexibility index (Phi) is 38.3. The van der Waals surface area contributed by atoms with Gasteiger partial charge in [-0.3, -0.25) is 72.0 Å². The van der Waals surface area contributed by atoms with E-state index in [1.807, 2.05) is 6.92 Å². The molecule has 0 radical (unpaired) electrons. The largest absolute Gasteiger partial charge is 0.481 e. The molecule has 4 aliphatic rings. The number of carbonyl (C=O) groups excluding carboxylic acids is 13. The average molecular weight is 1490 g/mol. The van der Waals surface area contributed by atoms with E-state index in [1.165, 1.54) is 16.7 Å². The molecule has 0 aliphatic carbocycles. The molecule has 103 heavy (non-hydrogen) atoms. The number of primary amides is 2. The Hall–Kier alpha value is -7.88. The van der Waals surface area contributed by atoms with Gasteiger partial charge in [0.1, 0.15) is 48.3 Å². The summed E-state index contributed by atoms with van der Waals surface area (Å²) in [7, 11) is 0. The Morgan fingerprint density at radius 1 is 0.670 bits per heavy atom. The van der Waals surface area contributed by atoms with Crippen LogP contribution in [0.15, 0.2) is 40.1 Å². The lowest BCUT2D eigenvalue weighted by molar-refractivity contribution is -0.148. The van der Waals surface area contributed by atoms with Crippen LogP contribution < -0.4 is 70.8 Å². The summed E-state index contributed by atoms with van der Waals surface area (Å²) < 4.78 is 17.1. The molecule has 5 rings (SSSR count). The van der Waals surface area contributed by atoms with Crippen molar-refractivity contribution in [2.45, 2.75) is 158 Å². The van der Waals surface area contributed by atoms with Crippen LogP contribution in [-0.2, 0) is 87.8 Å². The molecule has 2 fully saturated rings. The Balaban J connectivity index is 1.45. The van der Waals surface area contributed by atoms with Gasteiger partial charge >= 0.3 is 5.97 Å². The number of nitrogens with zero attached hydrogens (tertiary/aromatic N) is 3. The summed E-state index contributed by atoms with van der Waals surface area (Å²) in [5.41, 5.74) is 22.6. The zero-order chi connectivity index (χ0) is 75.4. The van der Waals surface area contributed by atoms with Crippen LogP contribution in [0.3, 0.4) is 0 Å². The second-order valence-electron chi connectivity index (χ2n) is 25.2. The molecule has 9 atom stereocenters. The van der Waals surface area contributed by atoms with Gasteiger partial charge in [-0.05, 0) is 63.9 Å². The van der Waals surface area contributed by atoms with E-state index < -0.39 is 162 Å². The highest BCUT2D eigenvalue weighted by Crippen LogP contribution is 2.38. The second kappa shape index (κ2) is 46.1. The van der Waals surface area contributed by atoms with Gasteiger partial charge in [-0.25, -0.2) is 0 Å². The zero-order valence-corrected chi connectivity index (χ0v) is 60.2. The third-order valence-electron chi connectivity index (χ3n) is 17.1. The first-order valence-electron chi connectivity index (χ1n) is 35.0. The maximum absolute atomic E-state index is 15.1. The van der Waals surface area contributed by atoms with E-state index in [-0.39, 0.29) is 106 Å². The number of ether oxygens (including phenoxy) is 3. The summed E-state index contributed by atoms with van der Waals surface area (Å²) in [5, 5.41) is 45.0. The molecule has 574 valence electrons. The number of aliphatic hydroxyl groups excluding tert-OH is 1. The van der Waals surface area contributed by atoms with Crippen molar-refractivity contribution < 1.29 is 91.5 Å². The summed E-state index contributed by atoms with van der Waals surface area (Å²) >= 11 is 1.31. The van der Waals surface area contributed by atoms with Crippen molar-refractivity contribution in [2.24, 2.45) is 28.9 Å². The molecule has 19 N–H and O–H groups in total. The van der Waals surface area contributed by atoms with Crippen molar-refractivity contribution in [3.05, 3.63) is 45.7 Å². The fourth-order valence-corrected chi connectivity index (χ4v) is 14.0. The first-order chi connectivity index (χ1) is 49.4. The molecule has 2 saturated heterocycles. The van der Waals surface area contributed by atoms with Gasteiger partial charge in [-0.15, -0.1) is 23.5 Å². The third-order valence-corrected chi connectivity index (χ3v) is 19.6. The average Bonchev–Trinajstić information content (AvgIpc) is 1.66. The van der Waals surface area contributed by atoms with Crippen molar-refractivity contribution in [3.63, 3.8) is 0 Å². The Morgan fingerprint density at radius 2 is 1.25 bits per heavy atom. The SMILES string of the molecule is CCCCCC(=O)N[C@H]1CSC2=C(SC[C@@H](C(=O)N[C@@H](CC(=O)O)C(N)=O)NC(=O)[C@H](Cc3ccccc3)NC(=O)[C@H](CCC(N)=O)NC(=O)[C@H]([C@@H](C)O)NC(=O)[C@@H]3CCCN3C(=O)[C@@H]3CCCN3C1=O)C(=O)N(CCCOCCOCCOCCCNC(=O)C(CNCCN)CNCCN)C2=O. The molecule has 4 heterocycles. The van der Waals surface area contributed by atoms with Gasteiger partial charge in [0.2, 0.25) is 65.0 Å². The number of benzene rings is 1. The minimum atomic E-state index is -1.88. The molecule has 0 unspecified atom stereocenters. The number of hydrogen-bond acceptors (Lipinski definition) is 24. The number of rotatable bonds is 39. The number of unbranched alkanes of at least 4 members (excludes halogenated alkanes) is 2. The highest BCUT2D eigenvalue weighted by atomic mass is 32.2. The summed E-state index contributed by atoms with van der Waals surface area (Å²) in [6.45, 7) is 7.44. The number of carboxylic acid groups (broad SMARTS) is 1. The van der Waals surface area contributed by atoms with Crippen LogP contribution in [0.1, 0.15) is 103 Å².